The van der Waals surface area contributed by atoms with Gasteiger partial charge in [-0.2, -0.15) is 0 Å². The first-order valence-corrected chi connectivity index (χ1v) is 7.45. The Balaban J connectivity index is 2.08. The van der Waals surface area contributed by atoms with Crippen molar-refractivity contribution in [3.05, 3.63) is 23.8 Å². The number of nitrogens with one attached hydrogen (secondary N) is 1. The van der Waals surface area contributed by atoms with Gasteiger partial charge in [0.25, 0.3) is 5.91 Å². The Hall–Kier alpha value is -1.75. The molecule has 116 valence electrons. The van der Waals surface area contributed by atoms with E-state index < -0.39 is 6.10 Å². The monoisotopic (exact) mass is 293 g/mol. The van der Waals surface area contributed by atoms with Crippen molar-refractivity contribution < 1.29 is 19.4 Å². The molecule has 0 saturated heterocycles. The summed E-state index contributed by atoms with van der Waals surface area (Å²) in [5.41, 5.74) is 0.507. The molecule has 2 atom stereocenters. The quantitative estimate of drug-likeness (QED) is 0.872. The van der Waals surface area contributed by atoms with Crippen LogP contribution in [0.25, 0.3) is 0 Å². The Bertz CT molecular complexity index is 489. The van der Waals surface area contributed by atoms with Gasteiger partial charge in [-0.25, -0.2) is 0 Å². The fourth-order valence-electron chi connectivity index (χ4n) is 2.61. The third-order valence-corrected chi connectivity index (χ3v) is 3.77. The van der Waals surface area contributed by atoms with Gasteiger partial charge in [-0.1, -0.05) is 12.8 Å². The van der Waals surface area contributed by atoms with Gasteiger partial charge in [-0.3, -0.25) is 4.79 Å². The van der Waals surface area contributed by atoms with Crippen LogP contribution in [-0.4, -0.2) is 36.9 Å². The van der Waals surface area contributed by atoms with Gasteiger partial charge >= 0.3 is 0 Å². The van der Waals surface area contributed by atoms with E-state index >= 15 is 0 Å². The summed E-state index contributed by atoms with van der Waals surface area (Å²) in [7, 11) is 1.55. The fraction of sp³-hybridized carbons (Fsp3) is 0.562. The van der Waals surface area contributed by atoms with Crippen molar-refractivity contribution in [2.24, 2.45) is 0 Å². The topological polar surface area (TPSA) is 67.8 Å². The summed E-state index contributed by atoms with van der Waals surface area (Å²) in [4.78, 5) is 12.3. The van der Waals surface area contributed by atoms with E-state index in [9.17, 15) is 9.90 Å². The minimum atomic E-state index is -0.452. The summed E-state index contributed by atoms with van der Waals surface area (Å²) in [5, 5.41) is 12.8. The molecule has 2 N–H and O–H groups in total. The highest BCUT2D eigenvalue weighted by Crippen LogP contribution is 2.28. The van der Waals surface area contributed by atoms with Gasteiger partial charge in [-0.15, -0.1) is 0 Å². The van der Waals surface area contributed by atoms with E-state index in [4.69, 9.17) is 9.47 Å². The van der Waals surface area contributed by atoms with E-state index in [1.807, 2.05) is 6.92 Å². The smallest absolute Gasteiger partial charge is 0.251 e. The van der Waals surface area contributed by atoms with Crippen LogP contribution in [0.1, 0.15) is 43.0 Å². The number of amides is 1. The van der Waals surface area contributed by atoms with E-state index in [1.165, 1.54) is 0 Å². The standard InChI is InChI=1S/C16H23NO4/c1-3-21-14-9-8-11(10-15(14)20-2)16(19)17-12-6-4-5-7-13(12)18/h8-10,12-13,18H,3-7H2,1-2H3,(H,17,19). The van der Waals surface area contributed by atoms with Crippen molar-refractivity contribution >= 4 is 5.91 Å². The average Bonchev–Trinajstić information content (AvgIpc) is 2.50. The molecule has 1 aliphatic carbocycles. The summed E-state index contributed by atoms with van der Waals surface area (Å²) in [5.74, 6) is 0.963. The van der Waals surface area contributed by atoms with Gasteiger partial charge in [-0.05, 0) is 38.0 Å². The highest BCUT2D eigenvalue weighted by Gasteiger charge is 2.25. The van der Waals surface area contributed by atoms with Crippen LogP contribution in [0.15, 0.2) is 18.2 Å². The maximum absolute atomic E-state index is 12.3. The van der Waals surface area contributed by atoms with Crippen molar-refractivity contribution in [1.29, 1.82) is 0 Å². The van der Waals surface area contributed by atoms with E-state index in [0.29, 0.717) is 23.7 Å². The third-order valence-electron chi connectivity index (χ3n) is 3.77. The number of rotatable bonds is 5. The van der Waals surface area contributed by atoms with Gasteiger partial charge in [0.15, 0.2) is 11.5 Å². The molecule has 0 spiro atoms. The summed E-state index contributed by atoms with van der Waals surface area (Å²) in [6.07, 6.45) is 3.17. The van der Waals surface area contributed by atoms with Gasteiger partial charge in [0.1, 0.15) is 0 Å². The van der Waals surface area contributed by atoms with E-state index in [2.05, 4.69) is 5.32 Å². The Morgan fingerprint density at radius 3 is 2.76 bits per heavy atom. The lowest BCUT2D eigenvalue weighted by molar-refractivity contribution is 0.0717. The number of carbonyl (C=O) groups excluding carboxylic acids is 1. The largest absolute Gasteiger partial charge is 0.493 e. The predicted octanol–water partition coefficient (Wildman–Crippen LogP) is 2.13. The molecule has 0 bridgehead atoms. The van der Waals surface area contributed by atoms with Crippen molar-refractivity contribution in [2.75, 3.05) is 13.7 Å². The highest BCUT2D eigenvalue weighted by molar-refractivity contribution is 5.95. The Kier molecular flexibility index (Phi) is 5.44. The van der Waals surface area contributed by atoms with E-state index in [0.717, 1.165) is 25.7 Å². The maximum atomic E-state index is 12.3. The molecule has 1 amide bonds. The molecule has 2 unspecified atom stereocenters. The van der Waals surface area contributed by atoms with Crippen LogP contribution in [0, 0.1) is 0 Å². The van der Waals surface area contributed by atoms with Gasteiger partial charge in [0.05, 0.1) is 25.9 Å². The van der Waals surface area contributed by atoms with E-state index in [1.54, 1.807) is 25.3 Å². The van der Waals surface area contributed by atoms with Crippen LogP contribution in [0.5, 0.6) is 11.5 Å². The maximum Gasteiger partial charge on any atom is 0.251 e. The summed E-state index contributed by atoms with van der Waals surface area (Å²) in [6.45, 7) is 2.43. The van der Waals surface area contributed by atoms with Crippen molar-refractivity contribution in [3.8, 4) is 11.5 Å². The molecular weight excluding hydrogens is 270 g/mol. The molecule has 1 saturated carbocycles. The lowest BCUT2D eigenvalue weighted by atomic mass is 9.92. The molecule has 0 aliphatic heterocycles. The number of carbonyl (C=O) groups is 1. The minimum Gasteiger partial charge on any atom is -0.493 e. The van der Waals surface area contributed by atoms with Gasteiger partial charge in [0.2, 0.25) is 0 Å². The van der Waals surface area contributed by atoms with Crippen molar-refractivity contribution in [2.45, 2.75) is 44.8 Å². The lowest BCUT2D eigenvalue weighted by Gasteiger charge is -2.28. The molecule has 0 heterocycles. The SMILES string of the molecule is CCOc1ccc(C(=O)NC2CCCCC2O)cc1OC. The number of benzene rings is 1. The zero-order valence-corrected chi connectivity index (χ0v) is 12.6. The second-order valence-electron chi connectivity index (χ2n) is 5.23. The number of aliphatic hydroxyl groups excluding tert-OH is 1. The molecule has 1 aromatic rings. The van der Waals surface area contributed by atoms with E-state index in [-0.39, 0.29) is 11.9 Å². The third kappa shape index (κ3) is 3.88. The highest BCUT2D eigenvalue weighted by atomic mass is 16.5. The first-order valence-electron chi connectivity index (χ1n) is 7.45. The van der Waals surface area contributed by atoms with Crippen LogP contribution in [0.4, 0.5) is 0 Å². The van der Waals surface area contributed by atoms with Crippen LogP contribution in [-0.2, 0) is 0 Å². The zero-order valence-electron chi connectivity index (χ0n) is 12.6. The first kappa shape index (κ1) is 15.6. The fourth-order valence-corrected chi connectivity index (χ4v) is 2.61. The van der Waals surface area contributed by atoms with Crippen LogP contribution in [0.3, 0.4) is 0 Å². The predicted molar refractivity (Wildman–Crippen MR) is 79.9 cm³/mol. The molecule has 1 aromatic carbocycles. The normalized spacial score (nSPS) is 21.7. The van der Waals surface area contributed by atoms with Gasteiger partial charge < -0.3 is 19.9 Å². The second kappa shape index (κ2) is 7.31. The Morgan fingerprint density at radius 1 is 1.33 bits per heavy atom. The summed E-state index contributed by atoms with van der Waals surface area (Å²) in [6, 6.07) is 4.94. The molecule has 2 rings (SSSR count). The minimum absolute atomic E-state index is 0.163. The molecule has 1 aliphatic rings. The van der Waals surface area contributed by atoms with Crippen molar-refractivity contribution in [3.63, 3.8) is 0 Å². The molecular formula is C16H23NO4. The molecule has 0 aromatic heterocycles. The first-order chi connectivity index (χ1) is 10.2. The molecule has 21 heavy (non-hydrogen) atoms. The summed E-state index contributed by atoms with van der Waals surface area (Å²) >= 11 is 0. The number of methoxy groups -OCH3 is 1. The van der Waals surface area contributed by atoms with Crippen LogP contribution >= 0.6 is 0 Å². The zero-order chi connectivity index (χ0) is 15.2. The van der Waals surface area contributed by atoms with Crippen molar-refractivity contribution in [1.82, 2.24) is 5.32 Å². The molecule has 5 nitrogen and oxygen atoms in total. The molecule has 5 heteroatoms. The second-order valence-corrected chi connectivity index (χ2v) is 5.23. The van der Waals surface area contributed by atoms with Crippen LogP contribution < -0.4 is 14.8 Å². The Labute approximate surface area is 125 Å². The Morgan fingerprint density at radius 2 is 2.10 bits per heavy atom. The number of aliphatic hydroxyl groups is 1. The molecule has 1 fully saturated rings. The summed E-state index contributed by atoms with van der Waals surface area (Å²) < 4.78 is 10.7. The average molecular weight is 293 g/mol. The van der Waals surface area contributed by atoms with Gasteiger partial charge in [0, 0.05) is 5.56 Å². The molecule has 0 radical (unpaired) electrons. The number of ether oxygens (including phenoxy) is 2. The number of hydrogen-bond acceptors (Lipinski definition) is 4. The van der Waals surface area contributed by atoms with Crippen LogP contribution in [0.2, 0.25) is 0 Å². The lowest BCUT2D eigenvalue weighted by Crippen LogP contribution is -2.45. The number of hydrogen-bond donors (Lipinski definition) is 2.